The van der Waals surface area contributed by atoms with Gasteiger partial charge >= 0.3 is 0 Å². The number of thiocarbonyl (C=S) groups is 1. The van der Waals surface area contributed by atoms with Crippen molar-refractivity contribution in [3.63, 3.8) is 0 Å². The Morgan fingerprint density at radius 3 is 2.42 bits per heavy atom. The summed E-state index contributed by atoms with van der Waals surface area (Å²) >= 11 is 11.0. The molecule has 0 saturated carbocycles. The second kappa shape index (κ2) is 9.12. The number of anilines is 2. The highest BCUT2D eigenvalue weighted by molar-refractivity contribution is 7.80. The summed E-state index contributed by atoms with van der Waals surface area (Å²) in [7, 11) is 0. The second-order valence-corrected chi connectivity index (χ2v) is 6.38. The monoisotopic (exact) mass is 387 g/mol. The fourth-order valence-electron chi connectivity index (χ4n) is 2.09. The number of hydrogen-bond donors (Lipinski definition) is 3. The van der Waals surface area contributed by atoms with Crippen molar-refractivity contribution in [2.75, 3.05) is 10.6 Å². The van der Waals surface area contributed by atoms with Crippen LogP contribution in [-0.4, -0.2) is 16.9 Å². The lowest BCUT2D eigenvalue weighted by Gasteiger charge is -2.12. The molecule has 0 atom stereocenters. The Hall–Kier alpha value is -2.70. The number of nitrogens with one attached hydrogen (secondary N) is 3. The predicted octanol–water partition coefficient (Wildman–Crippen LogP) is 4.13. The number of carbonyl (C=O) groups is 2. The third kappa shape index (κ3) is 6.31. The Morgan fingerprint density at radius 1 is 1.08 bits per heavy atom. The van der Waals surface area contributed by atoms with E-state index in [2.05, 4.69) is 16.0 Å². The van der Waals surface area contributed by atoms with Crippen molar-refractivity contribution in [1.29, 1.82) is 0 Å². The number of benzene rings is 2. The van der Waals surface area contributed by atoms with E-state index in [9.17, 15) is 9.59 Å². The maximum absolute atomic E-state index is 11.9. The van der Waals surface area contributed by atoms with Gasteiger partial charge in [0.1, 0.15) is 0 Å². The maximum atomic E-state index is 11.9. The molecule has 26 heavy (non-hydrogen) atoms. The van der Waals surface area contributed by atoms with Gasteiger partial charge in [-0.2, -0.15) is 0 Å². The molecule has 0 bridgehead atoms. The third-order valence-electron chi connectivity index (χ3n) is 3.34. The number of carbonyl (C=O) groups excluding carboxylic acids is 2. The summed E-state index contributed by atoms with van der Waals surface area (Å²) in [5.41, 5.74) is 3.11. The molecule has 0 heterocycles. The van der Waals surface area contributed by atoms with Crippen molar-refractivity contribution in [2.45, 2.75) is 13.8 Å². The number of aryl methyl sites for hydroxylation is 1. The minimum Gasteiger partial charge on any atom is -0.332 e. The molecule has 3 N–H and O–H groups in total. The maximum Gasteiger partial charge on any atom is 0.250 e. The van der Waals surface area contributed by atoms with Crippen LogP contribution in [0.3, 0.4) is 0 Å². The molecule has 2 aromatic rings. The zero-order valence-corrected chi connectivity index (χ0v) is 15.9. The lowest BCUT2D eigenvalue weighted by Crippen LogP contribution is -2.32. The van der Waals surface area contributed by atoms with E-state index in [0.717, 1.165) is 11.1 Å². The molecule has 7 heteroatoms. The van der Waals surface area contributed by atoms with Gasteiger partial charge in [0.15, 0.2) is 5.11 Å². The van der Waals surface area contributed by atoms with Gasteiger partial charge in [-0.25, -0.2) is 0 Å². The molecule has 0 aromatic heterocycles. The summed E-state index contributed by atoms with van der Waals surface area (Å²) in [4.78, 5) is 23.2. The first kappa shape index (κ1) is 19.6. The molecule has 0 aliphatic rings. The summed E-state index contributed by atoms with van der Waals surface area (Å²) in [5, 5.41) is 9.02. The number of rotatable bonds is 4. The van der Waals surface area contributed by atoms with Crippen LogP contribution in [0.4, 0.5) is 11.4 Å². The zero-order valence-electron chi connectivity index (χ0n) is 14.3. The van der Waals surface area contributed by atoms with Crippen LogP contribution in [-0.2, 0) is 9.59 Å². The Labute approximate surface area is 162 Å². The Balaban J connectivity index is 1.94. The summed E-state index contributed by atoms with van der Waals surface area (Å²) in [6, 6.07) is 12.5. The van der Waals surface area contributed by atoms with Gasteiger partial charge in [0.25, 0.3) is 0 Å². The molecule has 2 aromatic carbocycles. The van der Waals surface area contributed by atoms with Gasteiger partial charge in [-0.1, -0.05) is 29.8 Å². The number of hydrogen-bond acceptors (Lipinski definition) is 3. The first-order chi connectivity index (χ1) is 12.3. The summed E-state index contributed by atoms with van der Waals surface area (Å²) in [5.74, 6) is -0.514. The Morgan fingerprint density at radius 2 is 1.77 bits per heavy atom. The minimum absolute atomic E-state index is 0.159. The molecule has 2 amide bonds. The number of amides is 2. The Kier molecular flexibility index (Phi) is 6.89. The van der Waals surface area contributed by atoms with Crippen molar-refractivity contribution in [2.24, 2.45) is 0 Å². The van der Waals surface area contributed by atoms with Crippen LogP contribution >= 0.6 is 23.8 Å². The van der Waals surface area contributed by atoms with Gasteiger partial charge in [-0.15, -0.1) is 0 Å². The standard InChI is InChI=1S/C19H18ClN3O2S/c1-12-3-9-16(11-17(12)21-13(2)24)22-19(26)23-18(25)10-6-14-4-7-15(20)8-5-14/h3-11H,1-2H3,(H,21,24)(H2,22,23,25,26)/b10-6+. The fraction of sp³-hybridized carbons (Fsp3) is 0.105. The third-order valence-corrected chi connectivity index (χ3v) is 3.80. The number of halogens is 1. The molecule has 0 fully saturated rings. The lowest BCUT2D eigenvalue weighted by atomic mass is 10.2. The molecule has 2 rings (SSSR count). The van der Waals surface area contributed by atoms with Crippen LogP contribution < -0.4 is 16.0 Å². The lowest BCUT2D eigenvalue weighted by molar-refractivity contribution is -0.115. The first-order valence-electron chi connectivity index (χ1n) is 7.77. The predicted molar refractivity (Wildman–Crippen MR) is 110 cm³/mol. The molecule has 134 valence electrons. The smallest absolute Gasteiger partial charge is 0.250 e. The van der Waals surface area contributed by atoms with Crippen molar-refractivity contribution in [3.05, 3.63) is 64.7 Å². The van der Waals surface area contributed by atoms with Crippen LogP contribution in [0.1, 0.15) is 18.1 Å². The van der Waals surface area contributed by atoms with Crippen LogP contribution in [0.15, 0.2) is 48.5 Å². The van der Waals surface area contributed by atoms with Crippen molar-refractivity contribution in [1.82, 2.24) is 5.32 Å². The quantitative estimate of drug-likeness (QED) is 0.545. The minimum atomic E-state index is -0.355. The molecule has 0 aliphatic heterocycles. The second-order valence-electron chi connectivity index (χ2n) is 5.54. The highest BCUT2D eigenvalue weighted by Gasteiger charge is 2.05. The molecule has 0 unspecified atom stereocenters. The first-order valence-corrected chi connectivity index (χ1v) is 8.56. The molecule has 5 nitrogen and oxygen atoms in total. The van der Waals surface area contributed by atoms with Gasteiger partial charge in [-0.05, 0) is 60.6 Å². The highest BCUT2D eigenvalue weighted by Crippen LogP contribution is 2.20. The van der Waals surface area contributed by atoms with E-state index >= 15 is 0 Å². The van der Waals surface area contributed by atoms with Crippen LogP contribution in [0.2, 0.25) is 5.02 Å². The van der Waals surface area contributed by atoms with E-state index in [0.29, 0.717) is 16.4 Å². The topological polar surface area (TPSA) is 70.2 Å². The van der Waals surface area contributed by atoms with Crippen LogP contribution in [0.5, 0.6) is 0 Å². The summed E-state index contributed by atoms with van der Waals surface area (Å²) in [6.07, 6.45) is 3.05. The fourth-order valence-corrected chi connectivity index (χ4v) is 2.43. The Bertz CT molecular complexity index is 864. The average molecular weight is 388 g/mol. The van der Waals surface area contributed by atoms with Gasteiger partial charge < -0.3 is 10.6 Å². The van der Waals surface area contributed by atoms with Crippen LogP contribution in [0, 0.1) is 6.92 Å². The highest BCUT2D eigenvalue weighted by atomic mass is 35.5. The van der Waals surface area contributed by atoms with E-state index in [-0.39, 0.29) is 16.9 Å². The van der Waals surface area contributed by atoms with Gasteiger partial charge in [-0.3, -0.25) is 14.9 Å². The van der Waals surface area contributed by atoms with Crippen molar-refractivity contribution < 1.29 is 9.59 Å². The van der Waals surface area contributed by atoms with E-state index in [1.165, 1.54) is 13.0 Å². The van der Waals surface area contributed by atoms with Crippen molar-refractivity contribution >= 4 is 58.2 Å². The molecule has 0 spiro atoms. The molecular formula is C19H18ClN3O2S. The molecular weight excluding hydrogens is 370 g/mol. The summed E-state index contributed by atoms with van der Waals surface area (Å²) in [6.45, 7) is 3.33. The largest absolute Gasteiger partial charge is 0.332 e. The molecule has 0 radical (unpaired) electrons. The van der Waals surface area contributed by atoms with Gasteiger partial charge in [0.05, 0.1) is 0 Å². The van der Waals surface area contributed by atoms with E-state index in [4.69, 9.17) is 23.8 Å². The van der Waals surface area contributed by atoms with Crippen LogP contribution in [0.25, 0.3) is 6.08 Å². The van der Waals surface area contributed by atoms with Gasteiger partial charge in [0, 0.05) is 29.4 Å². The van der Waals surface area contributed by atoms with E-state index in [1.807, 2.05) is 19.1 Å². The summed E-state index contributed by atoms with van der Waals surface area (Å²) < 4.78 is 0. The van der Waals surface area contributed by atoms with Crippen molar-refractivity contribution in [3.8, 4) is 0 Å². The molecule has 0 saturated heterocycles. The van der Waals surface area contributed by atoms with E-state index < -0.39 is 0 Å². The SMILES string of the molecule is CC(=O)Nc1cc(NC(=S)NC(=O)/C=C/c2ccc(Cl)cc2)ccc1C. The normalized spacial score (nSPS) is 10.4. The zero-order chi connectivity index (χ0) is 19.1. The van der Waals surface area contributed by atoms with E-state index in [1.54, 1.807) is 36.4 Å². The van der Waals surface area contributed by atoms with Gasteiger partial charge in [0.2, 0.25) is 11.8 Å². The average Bonchev–Trinajstić information content (AvgIpc) is 2.57. The molecule has 0 aliphatic carbocycles.